The lowest BCUT2D eigenvalue weighted by Crippen LogP contribution is -2.07. The molecule has 5 nitrogen and oxygen atoms in total. The first kappa shape index (κ1) is 11.8. The van der Waals surface area contributed by atoms with Gasteiger partial charge >= 0.3 is 0 Å². The van der Waals surface area contributed by atoms with Crippen LogP contribution in [0.4, 0.5) is 0 Å². The molecule has 0 saturated carbocycles. The van der Waals surface area contributed by atoms with Crippen LogP contribution in [0.5, 0.6) is 0 Å². The molecule has 0 spiro atoms. The molecule has 0 aromatic heterocycles. The van der Waals surface area contributed by atoms with Crippen LogP contribution >= 0.6 is 0 Å². The third kappa shape index (κ3) is 4.66. The lowest BCUT2D eigenvalue weighted by atomic mass is 10.3. The molecule has 84 valence electrons. The molecule has 1 rings (SSSR count). The Morgan fingerprint density at radius 1 is 1.33 bits per heavy atom. The molecular formula is C9H12O5S. The van der Waals surface area contributed by atoms with Gasteiger partial charge < -0.3 is 9.84 Å². The minimum absolute atomic E-state index is 0.0385. The molecule has 1 aliphatic rings. The second-order valence-corrected chi connectivity index (χ2v) is 4.54. The molecule has 0 unspecified atom stereocenters. The Labute approximate surface area is 88.1 Å². The SMILES string of the molecule is O=S(=O)(O)CCCOC(O)=C1C=CC=C1. The zero-order valence-corrected chi connectivity index (χ0v) is 8.77. The van der Waals surface area contributed by atoms with Crippen molar-refractivity contribution in [3.8, 4) is 0 Å². The molecule has 0 fully saturated rings. The summed E-state index contributed by atoms with van der Waals surface area (Å²) in [6, 6.07) is 0. The zero-order valence-electron chi connectivity index (χ0n) is 7.96. The van der Waals surface area contributed by atoms with E-state index in [0.717, 1.165) is 0 Å². The van der Waals surface area contributed by atoms with Crippen molar-refractivity contribution in [1.82, 2.24) is 0 Å². The second-order valence-electron chi connectivity index (χ2n) is 2.97. The average Bonchev–Trinajstić information content (AvgIpc) is 2.63. The van der Waals surface area contributed by atoms with Crippen LogP contribution in [0, 0.1) is 0 Å². The summed E-state index contributed by atoms with van der Waals surface area (Å²) in [6.07, 6.45) is 6.94. The predicted molar refractivity (Wildman–Crippen MR) is 54.9 cm³/mol. The van der Waals surface area contributed by atoms with Gasteiger partial charge in [-0.25, -0.2) is 0 Å². The Hall–Kier alpha value is -1.27. The highest BCUT2D eigenvalue weighted by Crippen LogP contribution is 2.12. The Morgan fingerprint density at radius 3 is 2.47 bits per heavy atom. The smallest absolute Gasteiger partial charge is 0.284 e. The molecule has 0 saturated heterocycles. The first-order valence-electron chi connectivity index (χ1n) is 4.35. The number of aliphatic hydroxyl groups excluding tert-OH is 1. The molecule has 15 heavy (non-hydrogen) atoms. The van der Waals surface area contributed by atoms with Gasteiger partial charge in [-0.1, -0.05) is 12.2 Å². The van der Waals surface area contributed by atoms with Gasteiger partial charge in [0.05, 0.1) is 17.9 Å². The minimum atomic E-state index is -3.95. The number of hydrogen-bond donors (Lipinski definition) is 2. The van der Waals surface area contributed by atoms with Crippen LogP contribution in [0.25, 0.3) is 0 Å². The zero-order chi connectivity index (χ0) is 11.3. The van der Waals surface area contributed by atoms with Gasteiger partial charge in [0.15, 0.2) is 0 Å². The van der Waals surface area contributed by atoms with Crippen LogP contribution in [0.15, 0.2) is 35.8 Å². The molecule has 0 aliphatic heterocycles. The van der Waals surface area contributed by atoms with Crippen molar-refractivity contribution in [3.05, 3.63) is 35.8 Å². The number of allylic oxidation sites excluding steroid dienone is 5. The molecule has 6 heteroatoms. The topological polar surface area (TPSA) is 83.8 Å². The Bertz CT molecular complexity index is 388. The number of ether oxygens (including phenoxy) is 1. The fraction of sp³-hybridized carbons (Fsp3) is 0.333. The second kappa shape index (κ2) is 4.99. The number of rotatable bonds is 5. The quantitative estimate of drug-likeness (QED) is 0.422. The third-order valence-corrected chi connectivity index (χ3v) is 2.50. The van der Waals surface area contributed by atoms with E-state index in [-0.39, 0.29) is 24.7 Å². The van der Waals surface area contributed by atoms with Gasteiger partial charge in [-0.3, -0.25) is 4.55 Å². The summed E-state index contributed by atoms with van der Waals surface area (Å²) in [5.41, 5.74) is 0.543. The average molecular weight is 232 g/mol. The molecule has 0 amide bonds. The van der Waals surface area contributed by atoms with Crippen LogP contribution in [0.1, 0.15) is 6.42 Å². The summed E-state index contributed by atoms with van der Waals surface area (Å²) in [5.74, 6) is -0.614. The fourth-order valence-corrected chi connectivity index (χ4v) is 1.49. The van der Waals surface area contributed by atoms with E-state index in [1.165, 1.54) is 0 Å². The minimum Gasteiger partial charge on any atom is -0.481 e. The molecule has 1 aliphatic carbocycles. The Balaban J connectivity index is 2.30. The van der Waals surface area contributed by atoms with Crippen molar-refractivity contribution in [3.63, 3.8) is 0 Å². The maximum atomic E-state index is 10.3. The Kier molecular flexibility index (Phi) is 3.93. The molecule has 0 radical (unpaired) electrons. The molecule has 0 aromatic rings. The number of hydrogen-bond acceptors (Lipinski definition) is 4. The highest BCUT2D eigenvalue weighted by atomic mass is 32.2. The van der Waals surface area contributed by atoms with Crippen molar-refractivity contribution >= 4 is 10.1 Å². The van der Waals surface area contributed by atoms with Crippen molar-refractivity contribution in [2.45, 2.75) is 6.42 Å². The molecule has 0 heterocycles. The molecule has 0 atom stereocenters. The first-order valence-corrected chi connectivity index (χ1v) is 5.96. The summed E-state index contributed by atoms with van der Waals surface area (Å²) in [5, 5.41) is 9.32. The van der Waals surface area contributed by atoms with Gasteiger partial charge in [0.1, 0.15) is 0 Å². The van der Waals surface area contributed by atoms with E-state index in [2.05, 4.69) is 0 Å². The van der Waals surface area contributed by atoms with Crippen molar-refractivity contribution in [2.24, 2.45) is 0 Å². The van der Waals surface area contributed by atoms with Gasteiger partial charge in [0.2, 0.25) is 0 Å². The van der Waals surface area contributed by atoms with E-state index in [1.54, 1.807) is 24.3 Å². The van der Waals surface area contributed by atoms with Gasteiger partial charge in [0.25, 0.3) is 16.1 Å². The predicted octanol–water partition coefficient (Wildman–Crippen LogP) is 1.18. The summed E-state index contributed by atoms with van der Waals surface area (Å²) in [4.78, 5) is 0. The summed E-state index contributed by atoms with van der Waals surface area (Å²) in [7, 11) is -3.95. The summed E-state index contributed by atoms with van der Waals surface area (Å²) >= 11 is 0. The highest BCUT2D eigenvalue weighted by Gasteiger charge is 2.06. The lowest BCUT2D eigenvalue weighted by molar-refractivity contribution is 0.0917. The highest BCUT2D eigenvalue weighted by molar-refractivity contribution is 7.85. The van der Waals surface area contributed by atoms with Crippen molar-refractivity contribution in [2.75, 3.05) is 12.4 Å². The van der Waals surface area contributed by atoms with E-state index in [0.29, 0.717) is 5.57 Å². The van der Waals surface area contributed by atoms with E-state index >= 15 is 0 Å². The van der Waals surface area contributed by atoms with Gasteiger partial charge in [0, 0.05) is 0 Å². The van der Waals surface area contributed by atoms with Gasteiger partial charge in [-0.2, -0.15) is 8.42 Å². The van der Waals surface area contributed by atoms with Crippen molar-refractivity contribution in [1.29, 1.82) is 0 Å². The van der Waals surface area contributed by atoms with Crippen LogP contribution < -0.4 is 0 Å². The lowest BCUT2D eigenvalue weighted by Gasteiger charge is -2.04. The summed E-state index contributed by atoms with van der Waals surface area (Å²) < 4.78 is 34.0. The molecule has 0 aromatic carbocycles. The fourth-order valence-electron chi connectivity index (χ4n) is 1.01. The molecule has 2 N–H and O–H groups in total. The van der Waals surface area contributed by atoms with E-state index < -0.39 is 10.1 Å². The van der Waals surface area contributed by atoms with Crippen LogP contribution in [-0.4, -0.2) is 30.4 Å². The van der Waals surface area contributed by atoms with E-state index in [1.807, 2.05) is 0 Å². The van der Waals surface area contributed by atoms with E-state index in [9.17, 15) is 13.5 Å². The van der Waals surface area contributed by atoms with Gasteiger partial charge in [-0.15, -0.1) is 0 Å². The molecular weight excluding hydrogens is 220 g/mol. The Morgan fingerprint density at radius 2 is 1.93 bits per heavy atom. The monoisotopic (exact) mass is 232 g/mol. The number of aliphatic hydroxyl groups is 1. The van der Waals surface area contributed by atoms with Crippen LogP contribution in [0.3, 0.4) is 0 Å². The van der Waals surface area contributed by atoms with Crippen molar-refractivity contribution < 1.29 is 22.8 Å². The van der Waals surface area contributed by atoms with Crippen LogP contribution in [-0.2, 0) is 14.9 Å². The summed E-state index contributed by atoms with van der Waals surface area (Å²) in [6.45, 7) is 0.0385. The molecule has 0 bridgehead atoms. The third-order valence-electron chi connectivity index (χ3n) is 1.70. The standard InChI is InChI=1S/C9H12O5S/c10-9(8-4-1-2-5-8)14-6-3-7-15(11,12)13/h1-2,4-5,10H,3,6-7H2,(H,11,12,13). The maximum absolute atomic E-state index is 10.3. The first-order chi connectivity index (χ1) is 6.99. The van der Waals surface area contributed by atoms with E-state index in [4.69, 9.17) is 9.29 Å². The maximum Gasteiger partial charge on any atom is 0.284 e. The van der Waals surface area contributed by atoms with Gasteiger partial charge in [-0.05, 0) is 18.6 Å². The van der Waals surface area contributed by atoms with Crippen LogP contribution in [0.2, 0.25) is 0 Å². The largest absolute Gasteiger partial charge is 0.481 e. The normalized spacial score (nSPS) is 14.6.